The van der Waals surface area contributed by atoms with Gasteiger partial charge in [0.15, 0.2) is 16.1 Å². The molecule has 0 unspecified atom stereocenters. The van der Waals surface area contributed by atoms with Gasteiger partial charge in [-0.15, -0.1) is 5.10 Å². The molecule has 2 N–H and O–H groups in total. The summed E-state index contributed by atoms with van der Waals surface area (Å²) in [5.74, 6) is 0.198. The Bertz CT molecular complexity index is 959. The van der Waals surface area contributed by atoms with E-state index in [0.29, 0.717) is 10.7 Å². The van der Waals surface area contributed by atoms with E-state index in [0.717, 1.165) is 16.9 Å². The Morgan fingerprint density at radius 1 is 1.11 bits per heavy atom. The highest BCUT2D eigenvalue weighted by Gasteiger charge is 2.04. The van der Waals surface area contributed by atoms with E-state index < -0.39 is 5.82 Å². The molecule has 0 amide bonds. The fourth-order valence-electron chi connectivity index (χ4n) is 2.25. The number of hydrogen-bond acceptors (Lipinski definition) is 4. The highest BCUT2D eigenvalue weighted by atomic mass is 35.5. The summed E-state index contributed by atoms with van der Waals surface area (Å²) >= 11 is 7.03. The van der Waals surface area contributed by atoms with Crippen molar-refractivity contribution in [1.82, 2.24) is 4.98 Å². The first-order valence-electron chi connectivity index (χ1n) is 8.06. The van der Waals surface area contributed by atoms with Crippen LogP contribution in [0.3, 0.4) is 0 Å². The van der Waals surface area contributed by atoms with Gasteiger partial charge in [0.25, 0.3) is 0 Å². The number of halogens is 2. The van der Waals surface area contributed by atoms with Gasteiger partial charge in [0.1, 0.15) is 0 Å². The van der Waals surface area contributed by atoms with Crippen molar-refractivity contribution in [3.63, 3.8) is 0 Å². The van der Waals surface area contributed by atoms with Crippen LogP contribution in [0.25, 0.3) is 11.1 Å². The monoisotopic (exact) mass is 398 g/mol. The van der Waals surface area contributed by atoms with E-state index in [1.165, 1.54) is 29.6 Å². The molecule has 136 valence electrons. The smallest absolute Gasteiger partial charge is 0.180 e. The molecule has 1 aromatic heterocycles. The van der Waals surface area contributed by atoms with E-state index in [1.807, 2.05) is 54.6 Å². The van der Waals surface area contributed by atoms with Gasteiger partial charge in [-0.05, 0) is 22.8 Å². The van der Waals surface area contributed by atoms with Crippen LogP contribution >= 0.6 is 23.4 Å². The summed E-state index contributed by atoms with van der Waals surface area (Å²) < 4.78 is 13.5. The number of nitrogens with zero attached hydrogens (tertiary/aromatic N) is 3. The zero-order valence-electron chi connectivity index (χ0n) is 14.2. The van der Waals surface area contributed by atoms with Crippen molar-refractivity contribution in [3.8, 4) is 11.1 Å². The molecule has 0 bridgehead atoms. The van der Waals surface area contributed by atoms with Gasteiger partial charge in [0.05, 0.1) is 6.21 Å². The lowest BCUT2D eigenvalue weighted by Gasteiger charge is -2.02. The van der Waals surface area contributed by atoms with Crippen molar-refractivity contribution in [2.24, 2.45) is 15.9 Å². The SMILES string of the molecule is NC(=NN=Cc1ccc(-c2cnc(Cl)c(F)c2)cc1)SCc1ccccc1. The topological polar surface area (TPSA) is 63.6 Å². The normalized spacial score (nSPS) is 11.9. The van der Waals surface area contributed by atoms with Crippen LogP contribution in [0.1, 0.15) is 11.1 Å². The van der Waals surface area contributed by atoms with Crippen molar-refractivity contribution in [2.45, 2.75) is 5.75 Å². The number of nitrogens with two attached hydrogens (primary N) is 1. The molecule has 0 spiro atoms. The summed E-state index contributed by atoms with van der Waals surface area (Å²) in [6.45, 7) is 0. The van der Waals surface area contributed by atoms with Gasteiger partial charge in [-0.1, -0.05) is 78.0 Å². The van der Waals surface area contributed by atoms with Gasteiger partial charge in [0.2, 0.25) is 0 Å². The Morgan fingerprint density at radius 3 is 2.56 bits per heavy atom. The molecule has 3 aromatic rings. The molecule has 0 saturated heterocycles. The molecule has 1 heterocycles. The van der Waals surface area contributed by atoms with E-state index in [-0.39, 0.29) is 5.15 Å². The molecule has 0 saturated carbocycles. The quantitative estimate of drug-likeness (QED) is 0.280. The Kier molecular flexibility index (Phi) is 6.57. The van der Waals surface area contributed by atoms with Gasteiger partial charge in [-0.2, -0.15) is 5.10 Å². The van der Waals surface area contributed by atoms with Crippen molar-refractivity contribution >= 4 is 34.7 Å². The zero-order valence-corrected chi connectivity index (χ0v) is 15.8. The molecule has 4 nitrogen and oxygen atoms in total. The number of rotatable bonds is 5. The summed E-state index contributed by atoms with van der Waals surface area (Å²) in [5, 5.41) is 8.26. The Hall–Kier alpha value is -2.70. The van der Waals surface area contributed by atoms with Crippen molar-refractivity contribution in [3.05, 3.63) is 89.0 Å². The zero-order chi connectivity index (χ0) is 19.1. The second kappa shape index (κ2) is 9.30. The molecule has 0 radical (unpaired) electrons. The lowest BCUT2D eigenvalue weighted by atomic mass is 10.1. The summed E-state index contributed by atoms with van der Waals surface area (Å²) in [6, 6.07) is 18.8. The van der Waals surface area contributed by atoms with E-state index in [1.54, 1.807) is 6.21 Å². The first-order chi connectivity index (χ1) is 13.1. The average Bonchev–Trinajstić information content (AvgIpc) is 2.70. The molecule has 0 aliphatic carbocycles. The van der Waals surface area contributed by atoms with Crippen LogP contribution in [0.2, 0.25) is 5.15 Å². The number of hydrogen-bond donors (Lipinski definition) is 1. The third kappa shape index (κ3) is 5.64. The standard InChI is InChI=1S/C20H16ClFN4S/c21-19-18(22)10-17(12-24-19)16-8-6-14(7-9-16)11-25-26-20(23)27-13-15-4-2-1-3-5-15/h1-12H,13H2,(H2,23,26). The van der Waals surface area contributed by atoms with Crippen LogP contribution in [0.15, 0.2) is 77.1 Å². The lowest BCUT2D eigenvalue weighted by Crippen LogP contribution is -2.05. The van der Waals surface area contributed by atoms with Crippen LogP contribution < -0.4 is 5.73 Å². The molecule has 27 heavy (non-hydrogen) atoms. The molecule has 7 heteroatoms. The van der Waals surface area contributed by atoms with Crippen molar-refractivity contribution < 1.29 is 4.39 Å². The van der Waals surface area contributed by atoms with Crippen LogP contribution in [0, 0.1) is 5.82 Å². The molecule has 0 aliphatic rings. The van der Waals surface area contributed by atoms with E-state index in [4.69, 9.17) is 17.3 Å². The second-order valence-electron chi connectivity index (χ2n) is 5.58. The maximum Gasteiger partial charge on any atom is 0.180 e. The Labute approximate surface area is 166 Å². The third-order valence-electron chi connectivity index (χ3n) is 3.63. The minimum absolute atomic E-state index is 0.136. The minimum atomic E-state index is -0.544. The molecule has 0 fully saturated rings. The summed E-state index contributed by atoms with van der Waals surface area (Å²) in [4.78, 5) is 3.82. The van der Waals surface area contributed by atoms with Crippen LogP contribution in [0.4, 0.5) is 4.39 Å². The highest BCUT2D eigenvalue weighted by molar-refractivity contribution is 8.13. The number of pyridine rings is 1. The maximum absolute atomic E-state index is 13.5. The lowest BCUT2D eigenvalue weighted by molar-refractivity contribution is 0.622. The van der Waals surface area contributed by atoms with Crippen LogP contribution in [0.5, 0.6) is 0 Å². The highest BCUT2D eigenvalue weighted by Crippen LogP contribution is 2.22. The molecule has 0 atom stereocenters. The summed E-state index contributed by atoms with van der Waals surface area (Å²) in [7, 11) is 0. The average molecular weight is 399 g/mol. The summed E-state index contributed by atoms with van der Waals surface area (Å²) in [6.07, 6.45) is 3.14. The number of amidine groups is 1. The van der Waals surface area contributed by atoms with E-state index >= 15 is 0 Å². The second-order valence-corrected chi connectivity index (χ2v) is 6.93. The number of aromatic nitrogens is 1. The molecule has 0 aliphatic heterocycles. The molecular formula is C20H16ClFN4S. The van der Waals surface area contributed by atoms with Gasteiger partial charge >= 0.3 is 0 Å². The van der Waals surface area contributed by atoms with E-state index in [2.05, 4.69) is 15.2 Å². The first-order valence-corrected chi connectivity index (χ1v) is 9.43. The van der Waals surface area contributed by atoms with Crippen molar-refractivity contribution in [1.29, 1.82) is 0 Å². The molecule has 3 rings (SSSR count). The first kappa shape index (κ1) is 19.1. The molecule has 2 aromatic carbocycles. The van der Waals surface area contributed by atoms with Gasteiger partial charge < -0.3 is 5.73 Å². The van der Waals surface area contributed by atoms with Crippen LogP contribution in [-0.4, -0.2) is 16.4 Å². The molecular weight excluding hydrogens is 383 g/mol. The summed E-state index contributed by atoms with van der Waals surface area (Å²) in [5.41, 5.74) is 9.37. The van der Waals surface area contributed by atoms with Crippen molar-refractivity contribution in [2.75, 3.05) is 0 Å². The van der Waals surface area contributed by atoms with Gasteiger partial charge in [-0.3, -0.25) is 0 Å². The largest absolute Gasteiger partial charge is 0.377 e. The number of thioether (sulfide) groups is 1. The Balaban J connectivity index is 1.59. The van der Waals surface area contributed by atoms with E-state index in [9.17, 15) is 4.39 Å². The predicted molar refractivity (Wildman–Crippen MR) is 112 cm³/mol. The maximum atomic E-state index is 13.5. The van der Waals surface area contributed by atoms with Gasteiger partial charge in [0, 0.05) is 17.5 Å². The predicted octanol–water partition coefficient (Wildman–Crippen LogP) is 5.12. The third-order valence-corrected chi connectivity index (χ3v) is 4.77. The fourth-order valence-corrected chi connectivity index (χ4v) is 2.97. The van der Waals surface area contributed by atoms with Crippen LogP contribution in [-0.2, 0) is 5.75 Å². The minimum Gasteiger partial charge on any atom is -0.377 e. The van der Waals surface area contributed by atoms with Gasteiger partial charge in [-0.25, -0.2) is 9.37 Å². The Morgan fingerprint density at radius 2 is 1.85 bits per heavy atom. The number of benzene rings is 2. The fraction of sp³-hybridized carbons (Fsp3) is 0.0500.